The number of fused-ring (bicyclic) bond motifs is 1. The molecule has 1 N–H and O–H groups in total. The summed E-state index contributed by atoms with van der Waals surface area (Å²) < 4.78 is 1.22. The van der Waals surface area contributed by atoms with E-state index in [1.807, 2.05) is 72.8 Å². The predicted molar refractivity (Wildman–Crippen MR) is 107 cm³/mol. The van der Waals surface area contributed by atoms with E-state index < -0.39 is 0 Å². The average molecular weight is 378 g/mol. The summed E-state index contributed by atoms with van der Waals surface area (Å²) in [7, 11) is 2.97. The Morgan fingerprint density at radius 1 is 0.885 bits per heavy atom. The van der Waals surface area contributed by atoms with Gasteiger partial charge < -0.3 is 5.32 Å². The normalized spacial score (nSPS) is 10.8. The van der Waals surface area contributed by atoms with E-state index in [1.54, 1.807) is 10.8 Å². The smallest absolute Gasteiger partial charge is 0.305 e. The first kappa shape index (κ1) is 16.7. The van der Waals surface area contributed by atoms with Crippen molar-refractivity contribution in [2.75, 3.05) is 5.32 Å². The zero-order valence-electron chi connectivity index (χ0n) is 13.6. The van der Waals surface area contributed by atoms with Crippen molar-refractivity contribution in [2.45, 2.75) is 10.1 Å². The van der Waals surface area contributed by atoms with Crippen LogP contribution in [-0.2, 0) is 0 Å². The van der Waals surface area contributed by atoms with Gasteiger partial charge in [-0.25, -0.2) is 9.78 Å². The fourth-order valence-corrected chi connectivity index (χ4v) is 4.18. The van der Waals surface area contributed by atoms with Crippen LogP contribution in [0.25, 0.3) is 10.8 Å². The molecule has 3 aromatic carbocycles. The van der Waals surface area contributed by atoms with Crippen LogP contribution < -0.4 is 5.32 Å². The summed E-state index contributed by atoms with van der Waals surface area (Å²) in [5.41, 5.74) is 0.747. The summed E-state index contributed by atoms with van der Waals surface area (Å²) in [5.74, 6) is 0. The minimum absolute atomic E-state index is 0.342. The van der Waals surface area contributed by atoms with E-state index in [-0.39, 0.29) is 6.03 Å². The number of carbonyl (C=O) groups excluding carboxylic acids is 1. The second-order valence-corrected chi connectivity index (χ2v) is 7.58. The van der Waals surface area contributed by atoms with Crippen molar-refractivity contribution < 1.29 is 4.79 Å². The SMILES string of the molecule is O=C(Nc1cccc2ccccc12)n1cnc(SSc2ccccc2)n1. The van der Waals surface area contributed by atoms with Crippen molar-refractivity contribution in [2.24, 2.45) is 0 Å². The number of rotatable bonds is 4. The van der Waals surface area contributed by atoms with E-state index in [2.05, 4.69) is 15.4 Å². The third-order valence-electron chi connectivity index (χ3n) is 3.67. The first-order chi connectivity index (χ1) is 12.8. The zero-order valence-corrected chi connectivity index (χ0v) is 15.2. The fourth-order valence-electron chi connectivity index (χ4n) is 2.45. The van der Waals surface area contributed by atoms with Gasteiger partial charge in [-0.2, -0.15) is 4.68 Å². The number of anilines is 1. The maximum atomic E-state index is 12.5. The molecule has 0 unspecified atom stereocenters. The van der Waals surface area contributed by atoms with Crippen molar-refractivity contribution in [1.82, 2.24) is 14.8 Å². The number of amides is 1. The number of hydrogen-bond acceptors (Lipinski definition) is 5. The fraction of sp³-hybridized carbons (Fsp3) is 0. The van der Waals surface area contributed by atoms with Gasteiger partial charge in [-0.1, -0.05) is 54.6 Å². The lowest BCUT2D eigenvalue weighted by molar-refractivity contribution is 0.250. The highest BCUT2D eigenvalue weighted by molar-refractivity contribution is 8.76. The van der Waals surface area contributed by atoms with E-state index >= 15 is 0 Å². The molecule has 128 valence electrons. The van der Waals surface area contributed by atoms with Gasteiger partial charge in [0.2, 0.25) is 5.16 Å². The second-order valence-electron chi connectivity index (χ2n) is 5.41. The van der Waals surface area contributed by atoms with Crippen molar-refractivity contribution in [3.05, 3.63) is 79.1 Å². The van der Waals surface area contributed by atoms with Gasteiger partial charge in [-0.15, -0.1) is 5.10 Å². The van der Waals surface area contributed by atoms with E-state index in [1.165, 1.54) is 21.8 Å². The topological polar surface area (TPSA) is 59.8 Å². The zero-order chi connectivity index (χ0) is 17.8. The quantitative estimate of drug-likeness (QED) is 0.488. The Kier molecular flexibility index (Phi) is 4.90. The highest BCUT2D eigenvalue weighted by Crippen LogP contribution is 2.34. The van der Waals surface area contributed by atoms with E-state index in [9.17, 15) is 4.79 Å². The molecule has 0 saturated heterocycles. The average Bonchev–Trinajstić information content (AvgIpc) is 3.17. The van der Waals surface area contributed by atoms with Crippen molar-refractivity contribution in [3.63, 3.8) is 0 Å². The molecule has 4 rings (SSSR count). The highest BCUT2D eigenvalue weighted by atomic mass is 33.1. The molecular weight excluding hydrogens is 364 g/mol. The lowest BCUT2D eigenvalue weighted by Crippen LogP contribution is -2.20. The minimum Gasteiger partial charge on any atom is -0.305 e. The Balaban J connectivity index is 1.46. The number of carbonyl (C=O) groups is 1. The third-order valence-corrected chi connectivity index (χ3v) is 5.82. The van der Waals surface area contributed by atoms with Gasteiger partial charge in [-0.3, -0.25) is 0 Å². The molecule has 0 aliphatic heterocycles. The molecule has 0 aliphatic rings. The van der Waals surface area contributed by atoms with Crippen molar-refractivity contribution >= 4 is 44.1 Å². The number of benzene rings is 3. The summed E-state index contributed by atoms with van der Waals surface area (Å²) in [4.78, 5) is 17.8. The number of hydrogen-bond donors (Lipinski definition) is 1. The van der Waals surface area contributed by atoms with Crippen LogP contribution in [-0.4, -0.2) is 20.8 Å². The number of nitrogens with one attached hydrogen (secondary N) is 1. The predicted octanol–water partition coefficient (Wildman–Crippen LogP) is 5.31. The van der Waals surface area contributed by atoms with Crippen LogP contribution in [0.5, 0.6) is 0 Å². The van der Waals surface area contributed by atoms with Crippen molar-refractivity contribution in [3.8, 4) is 0 Å². The molecule has 26 heavy (non-hydrogen) atoms. The van der Waals surface area contributed by atoms with Gasteiger partial charge in [0, 0.05) is 10.3 Å². The van der Waals surface area contributed by atoms with Gasteiger partial charge in [0.1, 0.15) is 6.33 Å². The van der Waals surface area contributed by atoms with E-state index in [4.69, 9.17) is 0 Å². The maximum Gasteiger partial charge on any atom is 0.348 e. The monoisotopic (exact) mass is 378 g/mol. The maximum absolute atomic E-state index is 12.5. The van der Waals surface area contributed by atoms with Crippen LogP contribution in [0.15, 0.2) is 89.2 Å². The molecule has 0 saturated carbocycles. The van der Waals surface area contributed by atoms with Gasteiger partial charge in [-0.05, 0) is 45.2 Å². The summed E-state index contributed by atoms with van der Waals surface area (Å²) in [6.07, 6.45) is 1.42. The molecule has 1 heterocycles. The standard InChI is InChI=1S/C19H14N4OS2/c24-19(21-17-12-6-8-14-7-4-5-11-16(14)17)23-13-20-18(22-23)26-25-15-9-2-1-3-10-15/h1-13H,(H,21,24). The molecule has 5 nitrogen and oxygen atoms in total. The lowest BCUT2D eigenvalue weighted by Gasteiger charge is -2.07. The van der Waals surface area contributed by atoms with Crippen molar-refractivity contribution in [1.29, 1.82) is 0 Å². The Morgan fingerprint density at radius 3 is 2.54 bits per heavy atom. The molecule has 0 fully saturated rings. The largest absolute Gasteiger partial charge is 0.348 e. The molecule has 0 spiro atoms. The molecule has 1 amide bonds. The van der Waals surface area contributed by atoms with Crippen LogP contribution in [0.2, 0.25) is 0 Å². The molecule has 0 bridgehead atoms. The summed E-state index contributed by atoms with van der Waals surface area (Å²) in [6, 6.07) is 23.3. The van der Waals surface area contributed by atoms with Gasteiger partial charge in [0.15, 0.2) is 0 Å². The molecule has 0 aliphatic carbocycles. The van der Waals surface area contributed by atoms with Crippen LogP contribution in [0.4, 0.5) is 10.5 Å². The number of nitrogens with zero attached hydrogens (tertiary/aromatic N) is 3. The Bertz CT molecular complexity index is 1040. The summed E-state index contributed by atoms with van der Waals surface area (Å²) in [6.45, 7) is 0. The molecule has 1 aromatic heterocycles. The van der Waals surface area contributed by atoms with Crippen LogP contribution in [0, 0.1) is 0 Å². The first-order valence-electron chi connectivity index (χ1n) is 7.90. The second kappa shape index (κ2) is 7.63. The molecule has 0 atom stereocenters. The Labute approximate surface area is 158 Å². The Morgan fingerprint density at radius 2 is 1.65 bits per heavy atom. The van der Waals surface area contributed by atoms with Gasteiger partial charge in [0.05, 0.1) is 5.69 Å². The van der Waals surface area contributed by atoms with Gasteiger partial charge >= 0.3 is 6.03 Å². The van der Waals surface area contributed by atoms with E-state index in [0.717, 1.165) is 21.4 Å². The highest BCUT2D eigenvalue weighted by Gasteiger charge is 2.11. The van der Waals surface area contributed by atoms with E-state index in [0.29, 0.717) is 5.16 Å². The number of aromatic nitrogens is 3. The van der Waals surface area contributed by atoms with Crippen LogP contribution >= 0.6 is 21.6 Å². The van der Waals surface area contributed by atoms with Crippen LogP contribution in [0.1, 0.15) is 0 Å². The molecule has 0 radical (unpaired) electrons. The minimum atomic E-state index is -0.342. The lowest BCUT2D eigenvalue weighted by atomic mass is 10.1. The molecular formula is C19H14N4OS2. The van der Waals surface area contributed by atoms with Crippen LogP contribution in [0.3, 0.4) is 0 Å². The Hall–Kier alpha value is -2.77. The molecule has 4 aromatic rings. The third kappa shape index (κ3) is 3.74. The first-order valence-corrected chi connectivity index (χ1v) is 10.0. The summed E-state index contributed by atoms with van der Waals surface area (Å²) in [5, 5.41) is 9.72. The molecule has 7 heteroatoms. The van der Waals surface area contributed by atoms with Gasteiger partial charge in [0.25, 0.3) is 0 Å². The summed E-state index contributed by atoms with van der Waals surface area (Å²) >= 11 is 0.